The number of rotatable bonds is 5. The molecule has 2 heterocycles. The Balaban J connectivity index is 1.48. The first kappa shape index (κ1) is 25.4. The number of ether oxygens (including phenoxy) is 3. The zero-order chi connectivity index (χ0) is 27.4. The van der Waals surface area contributed by atoms with Crippen LogP contribution in [0.1, 0.15) is 33.7 Å². The van der Waals surface area contributed by atoms with Crippen LogP contribution < -0.4 is 18.4 Å². The molecule has 0 saturated carbocycles. The molecule has 0 amide bonds. The monoisotopic (exact) mass is 546 g/mol. The summed E-state index contributed by atoms with van der Waals surface area (Å²) in [4.78, 5) is 12.8. The molecule has 5 N–H and O–H groups in total. The van der Waals surface area contributed by atoms with Gasteiger partial charge < -0.3 is 43.9 Å². The van der Waals surface area contributed by atoms with Gasteiger partial charge in [-0.05, 0) is 29.8 Å². The highest BCUT2D eigenvalue weighted by molar-refractivity contribution is 7.86. The SMILES string of the molecule is CS(=O)(=O)Oc1cc(C2Oc3cc(C4Oc5cc(O)cc(O)c5C(=O)C4O)ccc3OC2CO)ccc1O. The second-order valence-corrected chi connectivity index (χ2v) is 10.4. The Morgan fingerprint density at radius 1 is 0.842 bits per heavy atom. The van der Waals surface area contributed by atoms with Crippen molar-refractivity contribution in [3.05, 3.63) is 65.2 Å². The van der Waals surface area contributed by atoms with Gasteiger partial charge in [0.1, 0.15) is 22.8 Å². The molecule has 4 unspecified atom stereocenters. The molecule has 38 heavy (non-hydrogen) atoms. The smallest absolute Gasteiger partial charge is 0.306 e. The van der Waals surface area contributed by atoms with Crippen molar-refractivity contribution in [2.24, 2.45) is 0 Å². The lowest BCUT2D eigenvalue weighted by Crippen LogP contribution is -2.37. The molecule has 4 atom stereocenters. The first-order valence-corrected chi connectivity index (χ1v) is 13.0. The van der Waals surface area contributed by atoms with Crippen LogP contribution in [0.15, 0.2) is 48.5 Å². The van der Waals surface area contributed by atoms with Gasteiger partial charge >= 0.3 is 10.1 Å². The third-order valence-corrected chi connectivity index (χ3v) is 6.50. The molecule has 0 saturated heterocycles. The minimum atomic E-state index is -3.95. The maximum atomic E-state index is 12.8. The summed E-state index contributed by atoms with van der Waals surface area (Å²) in [6.45, 7) is -0.474. The molecule has 5 rings (SSSR count). The van der Waals surface area contributed by atoms with Gasteiger partial charge in [-0.1, -0.05) is 12.1 Å². The van der Waals surface area contributed by atoms with Crippen molar-refractivity contribution in [1.82, 2.24) is 0 Å². The lowest BCUT2D eigenvalue weighted by Gasteiger charge is -2.35. The van der Waals surface area contributed by atoms with E-state index in [0.717, 1.165) is 18.4 Å². The molecule has 2 aliphatic heterocycles. The molecular weight excluding hydrogens is 524 g/mol. The number of Topliss-reactive ketones (excluding diaryl/α,β-unsaturated/α-hetero) is 1. The topological polar surface area (TPSA) is 189 Å². The van der Waals surface area contributed by atoms with Crippen LogP contribution >= 0.6 is 0 Å². The number of hydrogen-bond acceptors (Lipinski definition) is 12. The molecule has 0 aliphatic carbocycles. The number of aliphatic hydroxyl groups excluding tert-OH is 2. The fraction of sp³-hybridized carbons (Fsp3) is 0.240. The Hall–Kier alpha value is -4.20. The van der Waals surface area contributed by atoms with E-state index in [-0.39, 0.29) is 34.3 Å². The number of phenols is 3. The maximum absolute atomic E-state index is 12.8. The number of aliphatic hydroxyl groups is 2. The van der Waals surface area contributed by atoms with Crippen molar-refractivity contribution in [2.75, 3.05) is 12.9 Å². The number of benzene rings is 3. The molecule has 0 bridgehead atoms. The fourth-order valence-electron chi connectivity index (χ4n) is 4.35. The van der Waals surface area contributed by atoms with Gasteiger partial charge in [-0.15, -0.1) is 0 Å². The summed E-state index contributed by atoms with van der Waals surface area (Å²) in [7, 11) is -3.95. The molecular formula is C25H22O12S. The highest BCUT2D eigenvalue weighted by Crippen LogP contribution is 2.46. The van der Waals surface area contributed by atoms with Crippen LogP contribution in [0.2, 0.25) is 0 Å². The van der Waals surface area contributed by atoms with Crippen LogP contribution in [0, 0.1) is 0 Å². The lowest BCUT2D eigenvalue weighted by atomic mass is 9.92. The highest BCUT2D eigenvalue weighted by atomic mass is 32.2. The summed E-state index contributed by atoms with van der Waals surface area (Å²) in [6, 6.07) is 10.5. The normalized spacial score (nSPS) is 22.3. The van der Waals surface area contributed by atoms with E-state index in [0.29, 0.717) is 11.1 Å². The number of hydrogen-bond donors (Lipinski definition) is 5. The fourth-order valence-corrected chi connectivity index (χ4v) is 4.81. The number of ketones is 1. The molecule has 0 aromatic heterocycles. The molecule has 0 fully saturated rings. The van der Waals surface area contributed by atoms with Crippen molar-refractivity contribution < 1.29 is 57.1 Å². The number of carbonyl (C=O) groups excluding carboxylic acids is 1. The number of aromatic hydroxyl groups is 3. The van der Waals surface area contributed by atoms with E-state index in [1.54, 1.807) is 0 Å². The number of phenolic OH excluding ortho intramolecular Hbond substituents is 3. The van der Waals surface area contributed by atoms with Crippen LogP contribution in [-0.2, 0) is 10.1 Å². The molecule has 12 nitrogen and oxygen atoms in total. The van der Waals surface area contributed by atoms with E-state index in [2.05, 4.69) is 0 Å². The molecule has 3 aromatic rings. The minimum Gasteiger partial charge on any atom is -0.508 e. The first-order chi connectivity index (χ1) is 17.9. The Morgan fingerprint density at radius 2 is 1.53 bits per heavy atom. The third-order valence-electron chi connectivity index (χ3n) is 6.02. The average Bonchev–Trinajstić information content (AvgIpc) is 2.85. The Kier molecular flexibility index (Phi) is 6.21. The third kappa shape index (κ3) is 4.62. The summed E-state index contributed by atoms with van der Waals surface area (Å²) >= 11 is 0. The zero-order valence-corrected chi connectivity index (χ0v) is 20.5. The van der Waals surface area contributed by atoms with E-state index < -0.39 is 58.4 Å². The van der Waals surface area contributed by atoms with Gasteiger partial charge in [-0.3, -0.25) is 4.79 Å². The van der Waals surface area contributed by atoms with Gasteiger partial charge in [-0.2, -0.15) is 8.42 Å². The first-order valence-electron chi connectivity index (χ1n) is 11.2. The van der Waals surface area contributed by atoms with Crippen LogP contribution in [0.4, 0.5) is 0 Å². The Labute approximate surface area is 216 Å². The summed E-state index contributed by atoms with van der Waals surface area (Å²) in [6.07, 6.45) is -3.98. The van der Waals surface area contributed by atoms with E-state index >= 15 is 0 Å². The van der Waals surface area contributed by atoms with Gasteiger partial charge in [0, 0.05) is 17.7 Å². The van der Waals surface area contributed by atoms with Gasteiger partial charge in [0.05, 0.1) is 12.9 Å². The minimum absolute atomic E-state index is 0.113. The van der Waals surface area contributed by atoms with Crippen LogP contribution in [0.25, 0.3) is 0 Å². The number of fused-ring (bicyclic) bond motifs is 2. The quantitative estimate of drug-likeness (QED) is 0.292. The van der Waals surface area contributed by atoms with Crippen molar-refractivity contribution in [2.45, 2.75) is 24.4 Å². The summed E-state index contributed by atoms with van der Waals surface area (Å²) in [5.41, 5.74) is 0.365. The van der Waals surface area contributed by atoms with E-state index in [1.807, 2.05) is 0 Å². The van der Waals surface area contributed by atoms with Crippen LogP contribution in [0.5, 0.6) is 40.2 Å². The van der Waals surface area contributed by atoms with Crippen molar-refractivity contribution in [3.63, 3.8) is 0 Å². The maximum Gasteiger partial charge on any atom is 0.306 e. The number of carbonyl (C=O) groups is 1. The summed E-state index contributed by atoms with van der Waals surface area (Å²) in [5, 5.41) is 50.4. The zero-order valence-electron chi connectivity index (χ0n) is 19.6. The van der Waals surface area contributed by atoms with E-state index in [4.69, 9.17) is 18.4 Å². The Bertz CT molecular complexity index is 1530. The van der Waals surface area contributed by atoms with Gasteiger partial charge in [0.15, 0.2) is 47.4 Å². The van der Waals surface area contributed by atoms with Crippen molar-refractivity contribution in [3.8, 4) is 40.2 Å². The van der Waals surface area contributed by atoms with Gasteiger partial charge in [-0.25, -0.2) is 0 Å². The predicted octanol–water partition coefficient (Wildman–Crippen LogP) is 1.69. The lowest BCUT2D eigenvalue weighted by molar-refractivity contribution is -0.0130. The second-order valence-electron chi connectivity index (χ2n) is 8.78. The summed E-state index contributed by atoms with van der Waals surface area (Å²) in [5.74, 6) is -2.15. The molecule has 3 aromatic carbocycles. The van der Waals surface area contributed by atoms with E-state index in [9.17, 15) is 38.7 Å². The average molecular weight is 547 g/mol. The van der Waals surface area contributed by atoms with Crippen LogP contribution in [0.3, 0.4) is 0 Å². The van der Waals surface area contributed by atoms with E-state index in [1.165, 1.54) is 36.4 Å². The van der Waals surface area contributed by atoms with Gasteiger partial charge in [0.25, 0.3) is 0 Å². The largest absolute Gasteiger partial charge is 0.508 e. The highest BCUT2D eigenvalue weighted by Gasteiger charge is 2.40. The molecule has 0 radical (unpaired) electrons. The Morgan fingerprint density at radius 3 is 2.24 bits per heavy atom. The van der Waals surface area contributed by atoms with Crippen LogP contribution in [-0.4, -0.2) is 64.8 Å². The molecule has 13 heteroatoms. The standard InChI is InChI=1S/C25H22O12S/c1-38(32,33)37-17-6-11(2-4-14(17)28)24-20(10-26)34-16-5-3-12(7-18(16)35-24)25-23(31)22(30)21-15(29)8-13(27)9-19(21)36-25/h2-9,20,23-29,31H,10H2,1H3. The van der Waals surface area contributed by atoms with Crippen molar-refractivity contribution >= 4 is 15.9 Å². The molecule has 2 aliphatic rings. The van der Waals surface area contributed by atoms with Gasteiger partial charge in [0.2, 0.25) is 5.78 Å². The summed E-state index contributed by atoms with van der Waals surface area (Å²) < 4.78 is 45.6. The molecule has 200 valence electrons. The predicted molar refractivity (Wildman–Crippen MR) is 128 cm³/mol. The second kappa shape index (κ2) is 9.28. The van der Waals surface area contributed by atoms with Crippen molar-refractivity contribution in [1.29, 1.82) is 0 Å². The molecule has 0 spiro atoms.